The van der Waals surface area contributed by atoms with E-state index in [1.54, 1.807) is 17.0 Å². The Morgan fingerprint density at radius 1 is 1.28 bits per heavy atom. The Morgan fingerprint density at radius 3 is 2.68 bits per heavy atom. The van der Waals surface area contributed by atoms with E-state index >= 15 is 0 Å². The largest absolute Gasteiger partial charge is 0.377 e. The maximum absolute atomic E-state index is 12.1. The standard InChI is InChI=1S/C16H17ClN6O2/c1-2-13(24)23-3-4-25-8-12(23)9-5-10(7-11(17)6-9)14-20-15(18)22-16(19)21-14/h2,5-7,12H,1,3-4,8H2,(H4,18,19,20,21,22)/t12-/m0/s1. The smallest absolute Gasteiger partial charge is 0.246 e. The molecular weight excluding hydrogens is 344 g/mol. The second kappa shape index (κ2) is 7.04. The van der Waals surface area contributed by atoms with Crippen LogP contribution in [0.4, 0.5) is 11.9 Å². The van der Waals surface area contributed by atoms with Crippen LogP contribution in [0.25, 0.3) is 11.4 Å². The lowest BCUT2D eigenvalue weighted by Crippen LogP contribution is -2.42. The molecule has 0 spiro atoms. The summed E-state index contributed by atoms with van der Waals surface area (Å²) >= 11 is 6.26. The van der Waals surface area contributed by atoms with Crippen LogP contribution in [0.5, 0.6) is 0 Å². The maximum Gasteiger partial charge on any atom is 0.246 e. The Bertz CT molecular complexity index is 808. The number of nitrogens with two attached hydrogens (primary N) is 2. The lowest BCUT2D eigenvalue weighted by Gasteiger charge is -2.35. The molecule has 130 valence electrons. The van der Waals surface area contributed by atoms with E-state index in [2.05, 4.69) is 21.5 Å². The highest BCUT2D eigenvalue weighted by Crippen LogP contribution is 2.31. The Kier molecular flexibility index (Phi) is 4.82. The predicted octanol–water partition coefficient (Wildman–Crippen LogP) is 1.44. The number of ether oxygens (including phenoxy) is 1. The van der Waals surface area contributed by atoms with Gasteiger partial charge in [0.15, 0.2) is 5.82 Å². The lowest BCUT2D eigenvalue weighted by molar-refractivity contribution is -0.134. The van der Waals surface area contributed by atoms with Crippen molar-refractivity contribution in [1.82, 2.24) is 19.9 Å². The molecular formula is C16H17ClN6O2. The van der Waals surface area contributed by atoms with Crippen molar-refractivity contribution in [3.05, 3.63) is 41.4 Å². The van der Waals surface area contributed by atoms with Gasteiger partial charge in [-0.2, -0.15) is 15.0 Å². The van der Waals surface area contributed by atoms with Crippen LogP contribution in [0, 0.1) is 0 Å². The van der Waals surface area contributed by atoms with Gasteiger partial charge < -0.3 is 21.1 Å². The van der Waals surface area contributed by atoms with Gasteiger partial charge in [0.25, 0.3) is 0 Å². The average molecular weight is 361 g/mol. The molecule has 8 nitrogen and oxygen atoms in total. The molecule has 1 aromatic heterocycles. The number of anilines is 2. The number of rotatable bonds is 3. The second-order valence-corrected chi connectivity index (χ2v) is 5.91. The van der Waals surface area contributed by atoms with Crippen molar-refractivity contribution < 1.29 is 9.53 Å². The van der Waals surface area contributed by atoms with E-state index in [0.717, 1.165) is 5.56 Å². The topological polar surface area (TPSA) is 120 Å². The number of hydrogen-bond acceptors (Lipinski definition) is 7. The van der Waals surface area contributed by atoms with Gasteiger partial charge in [-0.1, -0.05) is 18.2 Å². The molecule has 0 radical (unpaired) electrons. The zero-order valence-electron chi connectivity index (χ0n) is 13.4. The first-order chi connectivity index (χ1) is 12.0. The first-order valence-electron chi connectivity index (χ1n) is 7.56. The zero-order valence-corrected chi connectivity index (χ0v) is 14.1. The SMILES string of the molecule is C=CC(=O)N1CCOC[C@H]1c1cc(Cl)cc(-c2nc(N)nc(N)n2)c1. The van der Waals surface area contributed by atoms with E-state index in [4.69, 9.17) is 27.8 Å². The zero-order chi connectivity index (χ0) is 18.0. The van der Waals surface area contributed by atoms with Crippen LogP contribution in [0.3, 0.4) is 0 Å². The van der Waals surface area contributed by atoms with Gasteiger partial charge in [-0.3, -0.25) is 4.79 Å². The summed E-state index contributed by atoms with van der Waals surface area (Å²) < 4.78 is 5.53. The van der Waals surface area contributed by atoms with Gasteiger partial charge in [0.2, 0.25) is 17.8 Å². The number of morpholine rings is 1. The number of benzene rings is 1. The first-order valence-corrected chi connectivity index (χ1v) is 7.94. The Morgan fingerprint density at radius 2 is 2.00 bits per heavy atom. The number of amides is 1. The Labute approximate surface area is 149 Å². The highest BCUT2D eigenvalue weighted by molar-refractivity contribution is 6.31. The lowest BCUT2D eigenvalue weighted by atomic mass is 10.0. The van der Waals surface area contributed by atoms with Gasteiger partial charge in [-0.15, -0.1) is 0 Å². The highest BCUT2D eigenvalue weighted by atomic mass is 35.5. The molecule has 2 aromatic rings. The van der Waals surface area contributed by atoms with Gasteiger partial charge >= 0.3 is 0 Å². The minimum absolute atomic E-state index is 0.0217. The number of carbonyl (C=O) groups excluding carboxylic acids is 1. The molecule has 0 saturated carbocycles. The van der Waals surface area contributed by atoms with Crippen molar-refractivity contribution in [2.45, 2.75) is 6.04 Å². The summed E-state index contributed by atoms with van der Waals surface area (Å²) in [5.74, 6) is 0.192. The molecule has 25 heavy (non-hydrogen) atoms. The van der Waals surface area contributed by atoms with Crippen LogP contribution in [0.15, 0.2) is 30.9 Å². The minimum Gasteiger partial charge on any atom is -0.377 e. The molecule has 0 aliphatic carbocycles. The van der Waals surface area contributed by atoms with Crippen molar-refractivity contribution in [2.75, 3.05) is 31.2 Å². The summed E-state index contributed by atoms with van der Waals surface area (Å²) in [6.45, 7) is 4.87. The van der Waals surface area contributed by atoms with Crippen LogP contribution in [-0.4, -0.2) is 45.5 Å². The number of nitrogen functional groups attached to an aromatic ring is 2. The van der Waals surface area contributed by atoms with Crippen molar-refractivity contribution in [3.63, 3.8) is 0 Å². The van der Waals surface area contributed by atoms with Gasteiger partial charge in [0.1, 0.15) is 0 Å². The van der Waals surface area contributed by atoms with Crippen molar-refractivity contribution >= 4 is 29.4 Å². The van der Waals surface area contributed by atoms with E-state index in [1.807, 2.05) is 6.07 Å². The Hall–Kier alpha value is -2.71. The third-order valence-electron chi connectivity index (χ3n) is 3.82. The second-order valence-electron chi connectivity index (χ2n) is 5.48. The highest BCUT2D eigenvalue weighted by Gasteiger charge is 2.28. The third kappa shape index (κ3) is 3.70. The molecule has 1 amide bonds. The molecule has 9 heteroatoms. The number of carbonyl (C=O) groups is 1. The molecule has 0 unspecified atom stereocenters. The summed E-state index contributed by atoms with van der Waals surface area (Å²) in [5, 5.41) is 0.474. The van der Waals surface area contributed by atoms with Crippen LogP contribution in [0.1, 0.15) is 11.6 Å². The molecule has 1 saturated heterocycles. The van der Waals surface area contributed by atoms with Crippen LogP contribution < -0.4 is 11.5 Å². The first kappa shape index (κ1) is 17.1. The summed E-state index contributed by atoms with van der Waals surface area (Å²) in [6.07, 6.45) is 1.29. The van der Waals surface area contributed by atoms with Crippen molar-refractivity contribution in [3.8, 4) is 11.4 Å². The van der Waals surface area contributed by atoms with Crippen LogP contribution in [0.2, 0.25) is 5.02 Å². The van der Waals surface area contributed by atoms with E-state index in [0.29, 0.717) is 36.2 Å². The predicted molar refractivity (Wildman–Crippen MR) is 94.6 cm³/mol. The molecule has 1 aliphatic heterocycles. The van der Waals surface area contributed by atoms with Crippen molar-refractivity contribution in [1.29, 1.82) is 0 Å². The molecule has 1 atom stereocenters. The number of aromatic nitrogens is 3. The van der Waals surface area contributed by atoms with Crippen LogP contribution in [-0.2, 0) is 9.53 Å². The van der Waals surface area contributed by atoms with Gasteiger partial charge in [0, 0.05) is 17.1 Å². The third-order valence-corrected chi connectivity index (χ3v) is 4.04. The minimum atomic E-state index is -0.284. The van der Waals surface area contributed by atoms with Gasteiger partial charge in [-0.05, 0) is 29.8 Å². The number of hydrogen-bond donors (Lipinski definition) is 2. The van der Waals surface area contributed by atoms with E-state index < -0.39 is 0 Å². The number of halogens is 1. The van der Waals surface area contributed by atoms with Gasteiger partial charge in [0.05, 0.1) is 19.3 Å². The summed E-state index contributed by atoms with van der Waals surface area (Å²) in [6, 6.07) is 5.03. The molecule has 0 bridgehead atoms. The fraction of sp³-hybridized carbons (Fsp3) is 0.250. The van der Waals surface area contributed by atoms with Gasteiger partial charge in [-0.25, -0.2) is 0 Å². The molecule has 3 rings (SSSR count). The molecule has 1 aliphatic rings. The van der Waals surface area contributed by atoms with E-state index in [-0.39, 0.29) is 23.8 Å². The average Bonchev–Trinajstić information content (AvgIpc) is 2.59. The summed E-state index contributed by atoms with van der Waals surface area (Å²) in [4.78, 5) is 25.8. The monoisotopic (exact) mass is 360 g/mol. The Balaban J connectivity index is 2.03. The maximum atomic E-state index is 12.1. The quantitative estimate of drug-likeness (QED) is 0.794. The van der Waals surface area contributed by atoms with E-state index in [9.17, 15) is 4.79 Å². The molecule has 4 N–H and O–H groups in total. The fourth-order valence-electron chi connectivity index (χ4n) is 2.73. The molecule has 1 fully saturated rings. The van der Waals surface area contributed by atoms with Crippen molar-refractivity contribution in [2.24, 2.45) is 0 Å². The normalized spacial score (nSPS) is 17.3. The van der Waals surface area contributed by atoms with E-state index in [1.165, 1.54) is 6.08 Å². The van der Waals surface area contributed by atoms with Crippen LogP contribution >= 0.6 is 11.6 Å². The summed E-state index contributed by atoms with van der Waals surface area (Å²) in [5.41, 5.74) is 12.7. The molecule has 1 aromatic carbocycles. The number of nitrogens with zero attached hydrogens (tertiary/aromatic N) is 4. The summed E-state index contributed by atoms with van der Waals surface area (Å²) in [7, 11) is 0. The fourth-order valence-corrected chi connectivity index (χ4v) is 2.98. The molecule has 2 heterocycles.